The highest BCUT2D eigenvalue weighted by Gasteiger charge is 2.28. The third kappa shape index (κ3) is 3.76. The van der Waals surface area contributed by atoms with Gasteiger partial charge in [-0.25, -0.2) is 0 Å². The van der Waals surface area contributed by atoms with Gasteiger partial charge in [0.2, 0.25) is 0 Å². The van der Waals surface area contributed by atoms with E-state index in [-0.39, 0.29) is 0 Å². The molecule has 1 unspecified atom stereocenters. The highest BCUT2D eigenvalue weighted by Crippen LogP contribution is 2.35. The van der Waals surface area contributed by atoms with Crippen LogP contribution in [-0.4, -0.2) is 19.1 Å². The van der Waals surface area contributed by atoms with Crippen molar-refractivity contribution in [3.63, 3.8) is 0 Å². The van der Waals surface area contributed by atoms with E-state index in [2.05, 4.69) is 65.1 Å². The minimum atomic E-state index is 0.690. The van der Waals surface area contributed by atoms with Crippen LogP contribution >= 0.6 is 15.9 Å². The minimum absolute atomic E-state index is 0.690. The summed E-state index contributed by atoms with van der Waals surface area (Å²) < 4.78 is 1.24. The Morgan fingerprint density at radius 3 is 2.85 bits per heavy atom. The van der Waals surface area contributed by atoms with E-state index >= 15 is 0 Å². The van der Waals surface area contributed by atoms with Crippen LogP contribution in [0.5, 0.6) is 0 Å². The third-order valence-electron chi connectivity index (χ3n) is 4.15. The molecule has 2 nitrogen and oxygen atoms in total. The largest absolute Gasteiger partial charge is 0.367 e. The summed E-state index contributed by atoms with van der Waals surface area (Å²) in [5.74, 6) is 0.718. The summed E-state index contributed by atoms with van der Waals surface area (Å²) in [6, 6.07) is 7.51. The van der Waals surface area contributed by atoms with E-state index in [9.17, 15) is 0 Å². The monoisotopic (exact) mass is 338 g/mol. The maximum Gasteiger partial charge on any atom is 0.0513 e. The molecule has 1 aliphatic heterocycles. The Morgan fingerprint density at radius 1 is 1.40 bits per heavy atom. The van der Waals surface area contributed by atoms with Crippen LogP contribution in [0.4, 0.5) is 5.69 Å². The quantitative estimate of drug-likeness (QED) is 0.764. The first-order valence-corrected chi connectivity index (χ1v) is 8.68. The summed E-state index contributed by atoms with van der Waals surface area (Å²) in [5.41, 5.74) is 2.72. The lowest BCUT2D eigenvalue weighted by Crippen LogP contribution is -2.33. The number of halogens is 1. The summed E-state index contributed by atoms with van der Waals surface area (Å²) >= 11 is 3.77. The molecule has 1 aromatic rings. The van der Waals surface area contributed by atoms with Crippen molar-refractivity contribution in [2.45, 2.75) is 52.6 Å². The Hall–Kier alpha value is -0.540. The van der Waals surface area contributed by atoms with Gasteiger partial charge in [0, 0.05) is 23.6 Å². The first kappa shape index (κ1) is 15.8. The van der Waals surface area contributed by atoms with E-state index in [0.29, 0.717) is 6.04 Å². The van der Waals surface area contributed by atoms with E-state index in [1.54, 1.807) is 0 Å². The van der Waals surface area contributed by atoms with E-state index in [0.717, 1.165) is 19.0 Å². The second-order valence-corrected chi connectivity index (χ2v) is 6.96. The fraction of sp³-hybridized carbons (Fsp3) is 0.647. The van der Waals surface area contributed by atoms with Crippen molar-refractivity contribution in [2.24, 2.45) is 5.92 Å². The Balaban J connectivity index is 2.09. The van der Waals surface area contributed by atoms with Crippen molar-refractivity contribution < 1.29 is 0 Å². The van der Waals surface area contributed by atoms with Crippen LogP contribution in [0.2, 0.25) is 0 Å². The molecular formula is C17H27BrN2. The lowest BCUT2D eigenvalue weighted by atomic mass is 10.0. The summed E-state index contributed by atoms with van der Waals surface area (Å²) in [4.78, 5) is 2.58. The lowest BCUT2D eigenvalue weighted by molar-refractivity contribution is 0.491. The van der Waals surface area contributed by atoms with Crippen molar-refractivity contribution in [2.75, 3.05) is 18.0 Å². The number of nitrogens with zero attached hydrogens (tertiary/aromatic N) is 1. The first-order valence-electron chi connectivity index (χ1n) is 7.89. The van der Waals surface area contributed by atoms with E-state index in [1.807, 2.05) is 0 Å². The van der Waals surface area contributed by atoms with Gasteiger partial charge < -0.3 is 10.2 Å². The Labute approximate surface area is 132 Å². The average Bonchev–Trinajstić information content (AvgIpc) is 2.88. The molecule has 1 fully saturated rings. The molecule has 2 rings (SSSR count). The molecule has 0 bridgehead atoms. The predicted molar refractivity (Wildman–Crippen MR) is 91.3 cm³/mol. The molecule has 112 valence electrons. The molecule has 0 radical (unpaired) electrons. The standard InChI is InChI=1S/C17H27BrN2/c1-4-9-19-12-14-7-8-17(15(18)11-14)20-10-5-6-16(20)13(2)3/h7-8,11,13,16,19H,4-6,9-10,12H2,1-3H3. The fourth-order valence-corrected chi connectivity index (χ4v) is 3.74. The molecular weight excluding hydrogens is 312 g/mol. The van der Waals surface area contributed by atoms with Crippen molar-refractivity contribution >= 4 is 21.6 Å². The molecule has 3 heteroatoms. The van der Waals surface area contributed by atoms with Gasteiger partial charge in [-0.2, -0.15) is 0 Å². The average molecular weight is 339 g/mol. The van der Waals surface area contributed by atoms with E-state index < -0.39 is 0 Å². The van der Waals surface area contributed by atoms with Gasteiger partial charge >= 0.3 is 0 Å². The summed E-state index contributed by atoms with van der Waals surface area (Å²) in [6.07, 6.45) is 3.82. The minimum Gasteiger partial charge on any atom is -0.367 e. The van der Waals surface area contributed by atoms with Crippen molar-refractivity contribution in [1.29, 1.82) is 0 Å². The van der Waals surface area contributed by atoms with Crippen LogP contribution in [0.1, 0.15) is 45.6 Å². The summed E-state index contributed by atoms with van der Waals surface area (Å²) in [5, 5.41) is 3.46. The molecule has 1 aromatic carbocycles. The fourth-order valence-electron chi connectivity index (χ4n) is 3.09. The molecule has 20 heavy (non-hydrogen) atoms. The van der Waals surface area contributed by atoms with Crippen LogP contribution < -0.4 is 10.2 Å². The first-order chi connectivity index (χ1) is 9.63. The van der Waals surface area contributed by atoms with Gasteiger partial charge in [-0.15, -0.1) is 0 Å². The molecule has 1 heterocycles. The van der Waals surface area contributed by atoms with Crippen LogP contribution in [-0.2, 0) is 6.54 Å². The normalized spacial score (nSPS) is 19.1. The zero-order valence-corrected chi connectivity index (χ0v) is 14.5. The Kier molecular flexibility index (Phi) is 5.91. The molecule has 1 N–H and O–H groups in total. The van der Waals surface area contributed by atoms with Crippen LogP contribution in [0.15, 0.2) is 22.7 Å². The molecule has 1 atom stereocenters. The molecule has 0 saturated carbocycles. The predicted octanol–water partition coefficient (Wildman–Crippen LogP) is 4.57. The molecule has 0 spiro atoms. The smallest absolute Gasteiger partial charge is 0.0513 e. The molecule has 1 saturated heterocycles. The van der Waals surface area contributed by atoms with Crippen molar-refractivity contribution in [3.8, 4) is 0 Å². The third-order valence-corrected chi connectivity index (χ3v) is 4.78. The van der Waals surface area contributed by atoms with Crippen molar-refractivity contribution in [1.82, 2.24) is 5.32 Å². The van der Waals surface area contributed by atoms with Gasteiger partial charge in [-0.3, -0.25) is 0 Å². The van der Waals surface area contributed by atoms with Gasteiger partial charge in [-0.1, -0.05) is 26.8 Å². The van der Waals surface area contributed by atoms with Gasteiger partial charge in [0.1, 0.15) is 0 Å². The second kappa shape index (κ2) is 7.46. The summed E-state index contributed by atoms with van der Waals surface area (Å²) in [7, 11) is 0. The van der Waals surface area contributed by atoms with E-state index in [4.69, 9.17) is 0 Å². The van der Waals surface area contributed by atoms with Crippen LogP contribution in [0, 0.1) is 5.92 Å². The number of benzene rings is 1. The van der Waals surface area contributed by atoms with Gasteiger partial charge in [0.05, 0.1) is 5.69 Å². The maximum absolute atomic E-state index is 3.77. The number of nitrogens with one attached hydrogen (secondary N) is 1. The second-order valence-electron chi connectivity index (χ2n) is 6.11. The number of anilines is 1. The highest BCUT2D eigenvalue weighted by molar-refractivity contribution is 9.10. The zero-order valence-electron chi connectivity index (χ0n) is 13.0. The van der Waals surface area contributed by atoms with Gasteiger partial charge in [0.25, 0.3) is 0 Å². The molecule has 0 amide bonds. The summed E-state index contributed by atoms with van der Waals surface area (Å²) in [6.45, 7) is 10.1. The Morgan fingerprint density at radius 2 is 2.20 bits per heavy atom. The van der Waals surface area contributed by atoms with E-state index in [1.165, 1.54) is 41.5 Å². The highest BCUT2D eigenvalue weighted by atomic mass is 79.9. The van der Waals surface area contributed by atoms with Gasteiger partial charge in [-0.05, 0) is 65.4 Å². The lowest BCUT2D eigenvalue weighted by Gasteiger charge is -2.30. The maximum atomic E-state index is 3.77. The zero-order chi connectivity index (χ0) is 14.5. The van der Waals surface area contributed by atoms with Gasteiger partial charge in [0.15, 0.2) is 0 Å². The van der Waals surface area contributed by atoms with Crippen LogP contribution in [0.3, 0.4) is 0 Å². The topological polar surface area (TPSA) is 15.3 Å². The number of hydrogen-bond donors (Lipinski definition) is 1. The molecule has 0 aromatic heterocycles. The molecule has 0 aliphatic carbocycles. The van der Waals surface area contributed by atoms with Crippen molar-refractivity contribution in [3.05, 3.63) is 28.2 Å². The molecule has 1 aliphatic rings. The van der Waals surface area contributed by atoms with Crippen LogP contribution in [0.25, 0.3) is 0 Å². The number of hydrogen-bond acceptors (Lipinski definition) is 2. The Bertz CT molecular complexity index is 431. The number of rotatable bonds is 6. The SMILES string of the molecule is CCCNCc1ccc(N2CCCC2C(C)C)c(Br)c1.